The second kappa shape index (κ2) is 5.62. The summed E-state index contributed by atoms with van der Waals surface area (Å²) in [5.74, 6) is 0.573. The van der Waals surface area contributed by atoms with Crippen molar-refractivity contribution in [3.05, 3.63) is 35.7 Å². The lowest BCUT2D eigenvalue weighted by Crippen LogP contribution is -2.11. The molecule has 6 nitrogen and oxygen atoms in total. The van der Waals surface area contributed by atoms with Crippen LogP contribution in [0.2, 0.25) is 0 Å². The molecule has 0 aliphatic heterocycles. The molecule has 20 heavy (non-hydrogen) atoms. The van der Waals surface area contributed by atoms with Crippen LogP contribution in [0.15, 0.2) is 27.8 Å². The molecule has 0 aromatic carbocycles. The number of rotatable bonds is 4. The van der Waals surface area contributed by atoms with E-state index in [1.54, 1.807) is 0 Å². The Labute approximate surface area is 120 Å². The van der Waals surface area contributed by atoms with E-state index in [1.165, 1.54) is 30.1 Å². The molecule has 0 saturated heterocycles. The predicted octanol–water partition coefficient (Wildman–Crippen LogP) is 2.75. The van der Waals surface area contributed by atoms with E-state index in [4.69, 9.17) is 9.52 Å². The standard InChI is InChI=1S/C13H15N3O3S/c1-13(2,3)12-16-15-9(19-12)7-20-10-6-8(11(17)18)4-5-14-10/h4-6H,7H2,1-3H3,(H,17,18). The number of hydrogen-bond donors (Lipinski definition) is 1. The smallest absolute Gasteiger partial charge is 0.335 e. The van der Waals surface area contributed by atoms with Crippen molar-refractivity contribution in [2.45, 2.75) is 37.0 Å². The number of carboxylic acids is 1. The molecule has 0 fully saturated rings. The Morgan fingerprint density at radius 3 is 2.75 bits per heavy atom. The highest BCUT2D eigenvalue weighted by atomic mass is 32.2. The van der Waals surface area contributed by atoms with Crippen molar-refractivity contribution in [1.82, 2.24) is 15.2 Å². The van der Waals surface area contributed by atoms with Crippen LogP contribution >= 0.6 is 11.8 Å². The maximum absolute atomic E-state index is 10.9. The van der Waals surface area contributed by atoms with Gasteiger partial charge in [0.25, 0.3) is 0 Å². The first-order valence-corrected chi connectivity index (χ1v) is 7.00. The van der Waals surface area contributed by atoms with Crippen molar-refractivity contribution in [1.29, 1.82) is 0 Å². The van der Waals surface area contributed by atoms with Gasteiger partial charge in [-0.2, -0.15) is 0 Å². The van der Waals surface area contributed by atoms with Crippen molar-refractivity contribution in [3.8, 4) is 0 Å². The number of pyridine rings is 1. The van der Waals surface area contributed by atoms with E-state index in [0.717, 1.165) is 0 Å². The van der Waals surface area contributed by atoms with Gasteiger partial charge in [0.15, 0.2) is 0 Å². The number of aromatic carboxylic acids is 1. The molecule has 2 rings (SSSR count). The van der Waals surface area contributed by atoms with Gasteiger partial charge in [-0.25, -0.2) is 9.78 Å². The Hall–Kier alpha value is -1.89. The molecule has 7 heteroatoms. The highest BCUT2D eigenvalue weighted by Gasteiger charge is 2.21. The lowest BCUT2D eigenvalue weighted by Gasteiger charge is -2.10. The molecule has 106 valence electrons. The summed E-state index contributed by atoms with van der Waals surface area (Å²) in [6, 6.07) is 2.98. The van der Waals surface area contributed by atoms with Gasteiger partial charge < -0.3 is 9.52 Å². The summed E-state index contributed by atoms with van der Waals surface area (Å²) in [6.07, 6.45) is 1.47. The quantitative estimate of drug-likeness (QED) is 0.867. The number of carbonyl (C=O) groups is 1. The van der Waals surface area contributed by atoms with E-state index in [0.29, 0.717) is 22.6 Å². The summed E-state index contributed by atoms with van der Waals surface area (Å²) in [5.41, 5.74) is 0.0283. The van der Waals surface area contributed by atoms with Gasteiger partial charge in [-0.15, -0.1) is 10.2 Å². The second-order valence-corrected chi connectivity index (χ2v) is 6.22. The van der Waals surface area contributed by atoms with Gasteiger partial charge in [0, 0.05) is 11.6 Å². The molecule has 0 atom stereocenters. The van der Waals surface area contributed by atoms with Crippen LogP contribution in [0.25, 0.3) is 0 Å². The average molecular weight is 293 g/mol. The maximum Gasteiger partial charge on any atom is 0.335 e. The molecular weight excluding hydrogens is 278 g/mol. The first-order valence-electron chi connectivity index (χ1n) is 6.01. The fourth-order valence-corrected chi connectivity index (χ4v) is 2.11. The van der Waals surface area contributed by atoms with Crippen LogP contribution < -0.4 is 0 Å². The van der Waals surface area contributed by atoms with Crippen molar-refractivity contribution in [2.75, 3.05) is 0 Å². The van der Waals surface area contributed by atoms with Gasteiger partial charge in [-0.3, -0.25) is 0 Å². The third-order valence-corrected chi connectivity index (χ3v) is 3.34. The van der Waals surface area contributed by atoms with E-state index in [-0.39, 0.29) is 11.0 Å². The molecule has 2 heterocycles. The fraction of sp³-hybridized carbons (Fsp3) is 0.385. The van der Waals surface area contributed by atoms with Crippen molar-refractivity contribution < 1.29 is 14.3 Å². The third-order valence-electron chi connectivity index (χ3n) is 2.43. The van der Waals surface area contributed by atoms with Crippen LogP contribution in [0.5, 0.6) is 0 Å². The SMILES string of the molecule is CC(C)(C)c1nnc(CSc2cc(C(=O)O)ccn2)o1. The van der Waals surface area contributed by atoms with Gasteiger partial charge in [0.2, 0.25) is 11.8 Å². The summed E-state index contributed by atoms with van der Waals surface area (Å²) in [7, 11) is 0. The Kier molecular flexibility index (Phi) is 4.08. The van der Waals surface area contributed by atoms with Crippen molar-refractivity contribution >= 4 is 17.7 Å². The minimum atomic E-state index is -0.970. The zero-order chi connectivity index (χ0) is 14.8. The first-order chi connectivity index (χ1) is 9.36. The van der Waals surface area contributed by atoms with Crippen LogP contribution in [0.3, 0.4) is 0 Å². The van der Waals surface area contributed by atoms with Gasteiger partial charge in [0.1, 0.15) is 0 Å². The summed E-state index contributed by atoms with van der Waals surface area (Å²) in [5, 5.41) is 17.5. The predicted molar refractivity (Wildman–Crippen MR) is 73.8 cm³/mol. The summed E-state index contributed by atoms with van der Waals surface area (Å²) < 4.78 is 5.56. The molecule has 1 N–H and O–H groups in total. The lowest BCUT2D eigenvalue weighted by atomic mass is 9.97. The number of nitrogens with zero attached hydrogens (tertiary/aromatic N) is 3. The normalized spacial score (nSPS) is 11.6. The van der Waals surface area contributed by atoms with Crippen molar-refractivity contribution in [2.24, 2.45) is 0 Å². The molecule has 2 aromatic rings. The zero-order valence-corrected chi connectivity index (χ0v) is 12.3. The van der Waals surface area contributed by atoms with Crippen LogP contribution in [-0.4, -0.2) is 26.3 Å². The minimum absolute atomic E-state index is 0.183. The van der Waals surface area contributed by atoms with Crippen LogP contribution in [0, 0.1) is 0 Å². The van der Waals surface area contributed by atoms with Gasteiger partial charge in [-0.05, 0) is 12.1 Å². The number of thioether (sulfide) groups is 1. The molecule has 2 aromatic heterocycles. The second-order valence-electron chi connectivity index (χ2n) is 5.23. The van der Waals surface area contributed by atoms with Crippen molar-refractivity contribution in [3.63, 3.8) is 0 Å². The van der Waals surface area contributed by atoms with Crippen LogP contribution in [0.4, 0.5) is 0 Å². The molecule has 0 saturated carbocycles. The van der Waals surface area contributed by atoms with E-state index >= 15 is 0 Å². The average Bonchev–Trinajstić information content (AvgIpc) is 2.85. The lowest BCUT2D eigenvalue weighted by molar-refractivity contribution is 0.0696. The molecule has 0 unspecified atom stereocenters. The number of carboxylic acid groups (broad SMARTS) is 1. The van der Waals surface area contributed by atoms with Crippen LogP contribution in [0.1, 0.15) is 42.9 Å². The zero-order valence-electron chi connectivity index (χ0n) is 11.5. The number of hydrogen-bond acceptors (Lipinski definition) is 6. The summed E-state index contributed by atoms with van der Waals surface area (Å²) in [4.78, 5) is 15.0. The molecule has 0 aliphatic carbocycles. The van der Waals surface area contributed by atoms with Gasteiger partial charge in [-0.1, -0.05) is 32.5 Å². The highest BCUT2D eigenvalue weighted by Crippen LogP contribution is 2.24. The largest absolute Gasteiger partial charge is 0.478 e. The molecule has 0 aliphatic rings. The molecule has 0 amide bonds. The monoisotopic (exact) mass is 293 g/mol. The minimum Gasteiger partial charge on any atom is -0.478 e. The molecule has 0 radical (unpaired) electrons. The molecule has 0 bridgehead atoms. The Morgan fingerprint density at radius 1 is 1.40 bits per heavy atom. The van der Waals surface area contributed by atoms with Crippen LogP contribution in [-0.2, 0) is 11.2 Å². The van der Waals surface area contributed by atoms with E-state index in [9.17, 15) is 4.79 Å². The fourth-order valence-electron chi connectivity index (χ4n) is 1.37. The topological polar surface area (TPSA) is 89.1 Å². The highest BCUT2D eigenvalue weighted by molar-refractivity contribution is 7.98. The summed E-state index contributed by atoms with van der Waals surface area (Å²) >= 11 is 1.36. The van der Waals surface area contributed by atoms with E-state index in [1.807, 2.05) is 20.8 Å². The van der Waals surface area contributed by atoms with E-state index in [2.05, 4.69) is 15.2 Å². The number of aromatic nitrogens is 3. The Morgan fingerprint density at radius 2 is 2.15 bits per heavy atom. The van der Waals surface area contributed by atoms with Gasteiger partial charge >= 0.3 is 5.97 Å². The van der Waals surface area contributed by atoms with E-state index < -0.39 is 5.97 Å². The Bertz CT molecular complexity index is 619. The first kappa shape index (κ1) is 14.5. The Balaban J connectivity index is 2.04. The summed E-state index contributed by atoms with van der Waals surface area (Å²) in [6.45, 7) is 5.99. The molecular formula is C13H15N3O3S. The maximum atomic E-state index is 10.9. The van der Waals surface area contributed by atoms with Gasteiger partial charge in [0.05, 0.1) is 16.3 Å². The third kappa shape index (κ3) is 3.57. The molecule has 0 spiro atoms.